The number of methoxy groups -OCH3 is 2. The van der Waals surface area contributed by atoms with Gasteiger partial charge in [-0.05, 0) is 49.5 Å². The minimum atomic E-state index is -0.930. The third-order valence-electron chi connectivity index (χ3n) is 9.01. The van der Waals surface area contributed by atoms with E-state index in [1.54, 1.807) is 11.6 Å². The Morgan fingerprint density at radius 2 is 1.83 bits per heavy atom. The van der Waals surface area contributed by atoms with Crippen LogP contribution in [-0.2, 0) is 19.1 Å². The summed E-state index contributed by atoms with van der Waals surface area (Å²) >= 11 is 7.83. The van der Waals surface area contributed by atoms with E-state index in [1.807, 2.05) is 7.05 Å². The van der Waals surface area contributed by atoms with Crippen LogP contribution in [0.2, 0.25) is 5.02 Å². The molecule has 2 aliphatic heterocycles. The molecule has 1 amide bonds. The van der Waals surface area contributed by atoms with Crippen LogP contribution >= 0.6 is 22.9 Å². The van der Waals surface area contributed by atoms with Crippen LogP contribution in [0.25, 0.3) is 0 Å². The normalized spacial score (nSPS) is 17.7. The molecule has 1 unspecified atom stereocenters. The zero-order chi connectivity index (χ0) is 38.5. The van der Waals surface area contributed by atoms with Gasteiger partial charge in [0.1, 0.15) is 17.6 Å². The van der Waals surface area contributed by atoms with Crippen LogP contribution in [0.5, 0.6) is 11.5 Å². The van der Waals surface area contributed by atoms with Crippen molar-refractivity contribution in [3.63, 3.8) is 0 Å². The highest BCUT2D eigenvalue weighted by Gasteiger charge is 2.36. The number of hydrogen-bond acceptors (Lipinski definition) is 12. The lowest BCUT2D eigenvalue weighted by atomic mass is 9.95. The number of likely N-dealkylation sites (N-methyl/N-ethyl adjacent to an activating group) is 1. The number of nitrogens with one attached hydrogen (secondary N) is 1. The largest absolute Gasteiger partial charge is 0.466 e. The van der Waals surface area contributed by atoms with E-state index in [9.17, 15) is 23.2 Å². The molecule has 1 saturated heterocycles. The molecule has 0 bridgehead atoms. The molecular weight excluding hydrogens is 749 g/mol. The van der Waals surface area contributed by atoms with E-state index in [2.05, 4.69) is 24.8 Å². The second-order valence-electron chi connectivity index (χ2n) is 12.4. The average molecular weight is 783 g/mol. The fourth-order valence-corrected chi connectivity index (χ4v) is 7.07. The predicted octanol–water partition coefficient (Wildman–Crippen LogP) is 5.59. The van der Waals surface area contributed by atoms with E-state index >= 15 is 4.39 Å². The van der Waals surface area contributed by atoms with Crippen molar-refractivity contribution in [3.8, 4) is 11.5 Å². The molecule has 12 nitrogen and oxygen atoms in total. The first kappa shape index (κ1) is 38.4. The molecule has 0 saturated carbocycles. The number of carbonyl (C=O) groups excluding carboxylic acids is 3. The summed E-state index contributed by atoms with van der Waals surface area (Å²) in [6.45, 7) is 1.90. The number of esters is 2. The van der Waals surface area contributed by atoms with E-state index < -0.39 is 35.4 Å². The van der Waals surface area contributed by atoms with Gasteiger partial charge in [0.25, 0.3) is 0 Å². The first-order valence-corrected chi connectivity index (χ1v) is 17.8. The maximum Gasteiger partial charge on any atom is 0.338 e. The monoisotopic (exact) mass is 782 g/mol. The topological polar surface area (TPSA) is 126 Å². The van der Waals surface area contributed by atoms with Gasteiger partial charge in [-0.15, -0.1) is 11.3 Å². The summed E-state index contributed by atoms with van der Waals surface area (Å²) in [4.78, 5) is 52.0. The first-order valence-electron chi connectivity index (χ1n) is 16.5. The molecule has 0 radical (unpaired) electrons. The summed E-state index contributed by atoms with van der Waals surface area (Å²) < 4.78 is 59.5. The highest BCUT2D eigenvalue weighted by Crippen LogP contribution is 2.37. The number of piperazine rings is 1. The number of nitrogens with zero attached hydrogens (tertiary/aromatic N) is 5. The standard InChI is InChI=1S/C37H34ClF3N6O6S/c1-45-11-12-46(19-29-32(37(50)52-3)33(25-7-5-22(39)15-26(25)38)44-34(43-29)35-42-10-13-54-35)17-23(45)18-47(20-48)30-8-6-24(16-27(30)40)53-31-9-4-21(14-28(31)41)36(49)51-2/h4-10,13-16,20,23,33H,11-12,17-19H2,1-3H3,(H,43,44)/t23?,33-/m0/s1. The van der Waals surface area contributed by atoms with Crippen molar-refractivity contribution in [2.24, 2.45) is 4.99 Å². The van der Waals surface area contributed by atoms with E-state index in [4.69, 9.17) is 26.1 Å². The van der Waals surface area contributed by atoms with Gasteiger partial charge < -0.3 is 24.4 Å². The van der Waals surface area contributed by atoms with Gasteiger partial charge in [-0.1, -0.05) is 17.7 Å². The number of amidine groups is 1. The second kappa shape index (κ2) is 16.8. The molecule has 0 aliphatic carbocycles. The second-order valence-corrected chi connectivity index (χ2v) is 13.7. The minimum absolute atomic E-state index is 0.0132. The van der Waals surface area contributed by atoms with Gasteiger partial charge >= 0.3 is 11.9 Å². The minimum Gasteiger partial charge on any atom is -0.466 e. The van der Waals surface area contributed by atoms with Crippen LogP contribution in [-0.4, -0.2) is 99.0 Å². The quantitative estimate of drug-likeness (QED) is 0.144. The van der Waals surface area contributed by atoms with E-state index in [0.717, 1.165) is 18.2 Å². The third-order valence-corrected chi connectivity index (χ3v) is 10.1. The number of aromatic nitrogens is 1. The maximum absolute atomic E-state index is 15.5. The Balaban J connectivity index is 1.21. The van der Waals surface area contributed by atoms with Gasteiger partial charge in [0.2, 0.25) is 6.41 Å². The summed E-state index contributed by atoms with van der Waals surface area (Å²) in [7, 11) is 4.33. The zero-order valence-electron chi connectivity index (χ0n) is 29.2. The number of halogens is 4. The van der Waals surface area contributed by atoms with Crippen molar-refractivity contribution in [3.05, 3.63) is 116 Å². The van der Waals surface area contributed by atoms with Crippen LogP contribution in [0.3, 0.4) is 0 Å². The summed E-state index contributed by atoms with van der Waals surface area (Å²) in [6.07, 6.45) is 2.16. The molecule has 3 aromatic carbocycles. The molecule has 282 valence electrons. The smallest absolute Gasteiger partial charge is 0.338 e. The summed E-state index contributed by atoms with van der Waals surface area (Å²) in [5.41, 5.74) is 1.06. The number of amides is 1. The lowest BCUT2D eigenvalue weighted by Crippen LogP contribution is -2.56. The van der Waals surface area contributed by atoms with Crippen molar-refractivity contribution < 1.29 is 41.8 Å². The molecule has 4 aromatic rings. The Morgan fingerprint density at radius 1 is 1.04 bits per heavy atom. The van der Waals surface area contributed by atoms with Crippen molar-refractivity contribution >= 4 is 52.8 Å². The number of aliphatic imine (C=N–C) groups is 1. The van der Waals surface area contributed by atoms with Crippen LogP contribution < -0.4 is 15.0 Å². The number of thiazole rings is 1. The Kier molecular flexibility index (Phi) is 12.0. The highest BCUT2D eigenvalue weighted by atomic mass is 35.5. The van der Waals surface area contributed by atoms with Crippen molar-refractivity contribution in [2.45, 2.75) is 12.1 Å². The summed E-state index contributed by atoms with van der Waals surface area (Å²) in [6, 6.07) is 9.98. The van der Waals surface area contributed by atoms with Crippen LogP contribution in [0.15, 0.2) is 82.4 Å². The van der Waals surface area contributed by atoms with Crippen LogP contribution in [0.4, 0.5) is 18.9 Å². The number of carbonyl (C=O) groups is 3. The third kappa shape index (κ3) is 8.41. The number of anilines is 1. The van der Waals surface area contributed by atoms with Gasteiger partial charge in [0.15, 0.2) is 28.2 Å². The predicted molar refractivity (Wildman–Crippen MR) is 195 cm³/mol. The van der Waals surface area contributed by atoms with Gasteiger partial charge in [-0.25, -0.2) is 27.7 Å². The number of rotatable bonds is 12. The van der Waals surface area contributed by atoms with Gasteiger partial charge in [-0.2, -0.15) is 0 Å². The fraction of sp³-hybridized carbons (Fsp3) is 0.270. The number of hydrogen-bond donors (Lipinski definition) is 1. The lowest BCUT2D eigenvalue weighted by Gasteiger charge is -2.41. The Labute approximate surface area is 317 Å². The molecule has 1 aromatic heterocycles. The summed E-state index contributed by atoms with van der Waals surface area (Å²) in [5.74, 6) is -3.39. The summed E-state index contributed by atoms with van der Waals surface area (Å²) in [5, 5.41) is 5.73. The van der Waals surface area contributed by atoms with Crippen molar-refractivity contribution in [1.82, 2.24) is 20.1 Å². The Morgan fingerprint density at radius 3 is 2.50 bits per heavy atom. The molecule has 1 fully saturated rings. The van der Waals surface area contributed by atoms with Gasteiger partial charge in [0, 0.05) is 72.7 Å². The number of ether oxygens (including phenoxy) is 3. The SMILES string of the molecule is COC(=O)C1=C(CN2CCN(C)C(CN(C=O)c3ccc(Oc4ccc(C(=O)OC)cc4F)cc3F)C2)NC(c2nccs2)=N[C@H]1c1ccc(F)cc1Cl. The zero-order valence-corrected chi connectivity index (χ0v) is 30.8. The van der Waals surface area contributed by atoms with E-state index in [0.29, 0.717) is 48.1 Å². The van der Waals surface area contributed by atoms with Crippen LogP contribution in [0.1, 0.15) is 27.0 Å². The van der Waals surface area contributed by atoms with Crippen LogP contribution in [0, 0.1) is 17.5 Å². The molecule has 54 heavy (non-hydrogen) atoms. The Hall–Kier alpha value is -5.29. The van der Waals surface area contributed by atoms with Crippen molar-refractivity contribution in [2.75, 3.05) is 58.9 Å². The van der Waals surface area contributed by atoms with Crippen molar-refractivity contribution in [1.29, 1.82) is 0 Å². The molecule has 2 aliphatic rings. The van der Waals surface area contributed by atoms with Gasteiger partial charge in [0.05, 0.1) is 31.0 Å². The maximum atomic E-state index is 15.5. The molecule has 1 N–H and O–H groups in total. The lowest BCUT2D eigenvalue weighted by molar-refractivity contribution is -0.136. The highest BCUT2D eigenvalue weighted by molar-refractivity contribution is 7.11. The molecule has 0 spiro atoms. The molecular formula is C37H34ClF3N6O6S. The van der Waals surface area contributed by atoms with E-state index in [1.165, 1.54) is 66.9 Å². The fourth-order valence-electron chi connectivity index (χ4n) is 6.21. The molecule has 3 heterocycles. The van der Waals surface area contributed by atoms with Gasteiger partial charge in [-0.3, -0.25) is 19.6 Å². The molecule has 6 rings (SSSR count). The number of benzene rings is 3. The molecule has 2 atom stereocenters. The molecule has 17 heteroatoms. The van der Waals surface area contributed by atoms with E-state index in [-0.39, 0.29) is 52.5 Å². The first-order chi connectivity index (χ1) is 26.0. The average Bonchev–Trinajstić information content (AvgIpc) is 3.71. The Bertz CT molecular complexity index is 2120.